The lowest BCUT2D eigenvalue weighted by atomic mass is 10.1. The van der Waals surface area contributed by atoms with Gasteiger partial charge in [-0.3, -0.25) is 4.79 Å². The van der Waals surface area contributed by atoms with E-state index >= 15 is 0 Å². The summed E-state index contributed by atoms with van der Waals surface area (Å²) in [5.41, 5.74) is 1.47. The largest absolute Gasteiger partial charge is 0.361 e. The topological polar surface area (TPSA) is 48.1 Å². The highest BCUT2D eigenvalue weighted by molar-refractivity contribution is 5.89. The molecule has 0 saturated carbocycles. The van der Waals surface area contributed by atoms with Gasteiger partial charge in [0.1, 0.15) is 5.82 Å². The lowest BCUT2D eigenvalue weighted by molar-refractivity contribution is -0.131. The van der Waals surface area contributed by atoms with Crippen LogP contribution in [0.15, 0.2) is 24.4 Å². The Labute approximate surface area is 110 Å². The summed E-state index contributed by atoms with van der Waals surface area (Å²) >= 11 is 0. The van der Waals surface area contributed by atoms with Crippen LogP contribution in [0.5, 0.6) is 0 Å². The fourth-order valence-electron chi connectivity index (χ4n) is 2.54. The van der Waals surface area contributed by atoms with E-state index in [9.17, 15) is 9.18 Å². The smallest absolute Gasteiger partial charge is 0.227 e. The normalized spacial score (nSPS) is 15.9. The van der Waals surface area contributed by atoms with Gasteiger partial charge in [-0.25, -0.2) is 4.39 Å². The molecule has 3 rings (SSSR count). The van der Waals surface area contributed by atoms with Gasteiger partial charge in [-0.1, -0.05) is 6.07 Å². The summed E-state index contributed by atoms with van der Waals surface area (Å²) in [5, 5.41) is 3.74. The highest BCUT2D eigenvalue weighted by Crippen LogP contribution is 2.22. The van der Waals surface area contributed by atoms with Crippen LogP contribution in [-0.2, 0) is 11.2 Å². The number of piperazine rings is 1. The Kier molecular flexibility index (Phi) is 3.21. The van der Waals surface area contributed by atoms with Crippen LogP contribution in [0.25, 0.3) is 10.9 Å². The number of aromatic amines is 1. The van der Waals surface area contributed by atoms with Gasteiger partial charge in [0, 0.05) is 43.3 Å². The maximum absolute atomic E-state index is 13.8. The van der Waals surface area contributed by atoms with Crippen molar-refractivity contribution in [3.05, 3.63) is 35.8 Å². The molecule has 0 aliphatic carbocycles. The van der Waals surface area contributed by atoms with Crippen molar-refractivity contribution >= 4 is 16.8 Å². The molecule has 0 bridgehead atoms. The molecule has 1 aliphatic rings. The zero-order chi connectivity index (χ0) is 13.2. The summed E-state index contributed by atoms with van der Waals surface area (Å²) in [6, 6.07) is 4.91. The number of nitrogens with one attached hydrogen (secondary N) is 2. The maximum Gasteiger partial charge on any atom is 0.227 e. The first-order valence-electron chi connectivity index (χ1n) is 6.48. The Morgan fingerprint density at radius 2 is 2.11 bits per heavy atom. The number of aromatic nitrogens is 1. The van der Waals surface area contributed by atoms with E-state index in [4.69, 9.17) is 0 Å². The predicted octanol–water partition coefficient (Wildman–Crippen LogP) is 1.28. The molecule has 100 valence electrons. The molecule has 2 heterocycles. The summed E-state index contributed by atoms with van der Waals surface area (Å²) in [7, 11) is 0. The zero-order valence-corrected chi connectivity index (χ0v) is 10.6. The van der Waals surface area contributed by atoms with Crippen molar-refractivity contribution in [2.45, 2.75) is 6.42 Å². The van der Waals surface area contributed by atoms with Gasteiger partial charge in [0.2, 0.25) is 5.91 Å². The van der Waals surface area contributed by atoms with Crippen LogP contribution in [0.1, 0.15) is 5.56 Å². The molecule has 4 nitrogen and oxygen atoms in total. The van der Waals surface area contributed by atoms with Gasteiger partial charge in [0.15, 0.2) is 0 Å². The highest BCUT2D eigenvalue weighted by atomic mass is 19.1. The molecule has 0 atom stereocenters. The first kappa shape index (κ1) is 12.2. The van der Waals surface area contributed by atoms with E-state index in [0.717, 1.165) is 37.3 Å². The van der Waals surface area contributed by atoms with Crippen LogP contribution in [0.4, 0.5) is 4.39 Å². The van der Waals surface area contributed by atoms with E-state index in [1.165, 1.54) is 6.07 Å². The Hall–Kier alpha value is -1.88. The van der Waals surface area contributed by atoms with Crippen LogP contribution in [0.3, 0.4) is 0 Å². The summed E-state index contributed by atoms with van der Waals surface area (Å²) in [4.78, 5) is 17.0. The molecule has 1 aliphatic heterocycles. The molecule has 0 spiro atoms. The molecule has 1 aromatic carbocycles. The molecule has 5 heteroatoms. The molecule has 2 N–H and O–H groups in total. The second-order valence-electron chi connectivity index (χ2n) is 4.78. The van der Waals surface area contributed by atoms with Crippen LogP contribution in [0, 0.1) is 5.82 Å². The lowest BCUT2D eigenvalue weighted by Crippen LogP contribution is -2.46. The van der Waals surface area contributed by atoms with E-state index in [1.54, 1.807) is 12.3 Å². The molecule has 1 amide bonds. The Bertz CT molecular complexity index is 602. The molecule has 0 unspecified atom stereocenters. The minimum atomic E-state index is -0.276. The predicted molar refractivity (Wildman–Crippen MR) is 71.4 cm³/mol. The highest BCUT2D eigenvalue weighted by Gasteiger charge is 2.18. The van der Waals surface area contributed by atoms with E-state index in [0.29, 0.717) is 5.39 Å². The second kappa shape index (κ2) is 5.01. The van der Waals surface area contributed by atoms with Crippen molar-refractivity contribution in [1.29, 1.82) is 0 Å². The fraction of sp³-hybridized carbons (Fsp3) is 0.357. The van der Waals surface area contributed by atoms with Gasteiger partial charge < -0.3 is 15.2 Å². The van der Waals surface area contributed by atoms with Gasteiger partial charge in [-0.05, 0) is 17.7 Å². The number of nitrogens with zero attached hydrogens (tertiary/aromatic N) is 1. The SMILES string of the molecule is O=C(Cc1c[nH]c2cccc(F)c12)N1CCNCC1. The summed E-state index contributed by atoms with van der Waals surface area (Å²) in [6.45, 7) is 3.11. The first-order chi connectivity index (χ1) is 9.25. The molecule has 19 heavy (non-hydrogen) atoms. The lowest BCUT2D eigenvalue weighted by Gasteiger charge is -2.27. The minimum Gasteiger partial charge on any atom is -0.361 e. The number of H-pyrrole nitrogens is 1. The van der Waals surface area contributed by atoms with Crippen molar-refractivity contribution in [2.75, 3.05) is 26.2 Å². The summed E-state index contributed by atoms with van der Waals surface area (Å²) < 4.78 is 13.8. The number of benzene rings is 1. The molecule has 0 radical (unpaired) electrons. The number of fused-ring (bicyclic) bond motifs is 1. The summed E-state index contributed by atoms with van der Waals surface area (Å²) in [5.74, 6) is -0.215. The molecule has 1 fully saturated rings. The van der Waals surface area contributed by atoms with E-state index in [-0.39, 0.29) is 18.1 Å². The van der Waals surface area contributed by atoms with Gasteiger partial charge >= 0.3 is 0 Å². The number of carbonyl (C=O) groups excluding carboxylic acids is 1. The van der Waals surface area contributed by atoms with Gasteiger partial charge in [0.25, 0.3) is 0 Å². The molecule has 1 saturated heterocycles. The number of halogens is 1. The van der Waals surface area contributed by atoms with E-state index in [1.807, 2.05) is 11.0 Å². The molecule has 1 aromatic heterocycles. The third-order valence-electron chi connectivity index (χ3n) is 3.55. The van der Waals surface area contributed by atoms with Crippen LogP contribution >= 0.6 is 0 Å². The zero-order valence-electron chi connectivity index (χ0n) is 10.6. The third-order valence-corrected chi connectivity index (χ3v) is 3.55. The Morgan fingerprint density at radius 1 is 1.32 bits per heavy atom. The number of hydrogen-bond donors (Lipinski definition) is 2. The number of carbonyl (C=O) groups is 1. The van der Waals surface area contributed by atoms with Crippen molar-refractivity contribution < 1.29 is 9.18 Å². The van der Waals surface area contributed by atoms with Gasteiger partial charge in [-0.2, -0.15) is 0 Å². The average molecular weight is 261 g/mol. The van der Waals surface area contributed by atoms with Crippen LogP contribution in [0.2, 0.25) is 0 Å². The third kappa shape index (κ3) is 2.33. The average Bonchev–Trinajstić information content (AvgIpc) is 2.84. The number of rotatable bonds is 2. The van der Waals surface area contributed by atoms with Crippen LogP contribution < -0.4 is 5.32 Å². The number of amides is 1. The fourth-order valence-corrected chi connectivity index (χ4v) is 2.54. The summed E-state index contributed by atoms with van der Waals surface area (Å²) in [6.07, 6.45) is 1.98. The van der Waals surface area contributed by atoms with Crippen LogP contribution in [-0.4, -0.2) is 42.0 Å². The van der Waals surface area contributed by atoms with Crippen molar-refractivity contribution in [2.24, 2.45) is 0 Å². The van der Waals surface area contributed by atoms with E-state index < -0.39 is 0 Å². The van der Waals surface area contributed by atoms with Gasteiger partial charge in [0.05, 0.1) is 6.42 Å². The molecular formula is C14H16FN3O. The van der Waals surface area contributed by atoms with E-state index in [2.05, 4.69) is 10.3 Å². The number of hydrogen-bond acceptors (Lipinski definition) is 2. The van der Waals surface area contributed by atoms with Crippen molar-refractivity contribution in [3.8, 4) is 0 Å². The quantitative estimate of drug-likeness (QED) is 0.855. The molecule has 2 aromatic rings. The van der Waals surface area contributed by atoms with Gasteiger partial charge in [-0.15, -0.1) is 0 Å². The maximum atomic E-state index is 13.8. The molecular weight excluding hydrogens is 245 g/mol. The van der Waals surface area contributed by atoms with Crippen molar-refractivity contribution in [1.82, 2.24) is 15.2 Å². The first-order valence-corrected chi connectivity index (χ1v) is 6.48. The monoisotopic (exact) mass is 261 g/mol. The standard InChI is InChI=1S/C14H16FN3O/c15-11-2-1-3-12-14(11)10(9-17-12)8-13(19)18-6-4-16-5-7-18/h1-3,9,16-17H,4-8H2. The Balaban J connectivity index is 1.83. The minimum absolute atomic E-state index is 0.0608. The van der Waals surface area contributed by atoms with Crippen molar-refractivity contribution in [3.63, 3.8) is 0 Å². The Morgan fingerprint density at radius 3 is 2.89 bits per heavy atom. The second-order valence-corrected chi connectivity index (χ2v) is 4.78.